The summed E-state index contributed by atoms with van der Waals surface area (Å²) in [4.78, 5) is 0. The molecule has 1 rings (SSSR count). The fourth-order valence-electron chi connectivity index (χ4n) is 1.05. The summed E-state index contributed by atoms with van der Waals surface area (Å²) < 4.78 is 1.56. The van der Waals surface area contributed by atoms with E-state index in [-0.39, 0.29) is 24.8 Å². The normalized spacial score (nSPS) is 14.0. The average molecular weight is 287 g/mol. The monoisotopic (exact) mass is 285 g/mol. The molecule has 0 atom stereocenters. The Bertz CT molecular complexity index is 178. The van der Waals surface area contributed by atoms with Crippen molar-refractivity contribution in [3.63, 3.8) is 0 Å². The van der Waals surface area contributed by atoms with Gasteiger partial charge in [-0.3, -0.25) is 0 Å². The molecule has 0 radical (unpaired) electrons. The molecule has 0 saturated carbocycles. The maximum absolute atomic E-state index is 8.57. The molecule has 0 fully saturated rings. The molecule has 1 N–H and O–H groups in total. The van der Waals surface area contributed by atoms with E-state index in [0.29, 0.717) is 6.61 Å². The zero-order chi connectivity index (χ0) is 7.40. The summed E-state index contributed by atoms with van der Waals surface area (Å²) in [5, 5.41) is 8.57. The van der Waals surface area contributed by atoms with Crippen molar-refractivity contribution in [2.75, 3.05) is 6.61 Å². The first kappa shape index (κ1) is 15.4. The number of hydrogen-bond donors (Lipinski definition) is 1. The molecular weight excluding hydrogens is 274 g/mol. The van der Waals surface area contributed by atoms with Crippen LogP contribution in [0.2, 0.25) is 0 Å². The third kappa shape index (κ3) is 4.81. The molecule has 0 aromatic heterocycles. The summed E-state index contributed by atoms with van der Waals surface area (Å²) in [6.07, 6.45) is 7.53. The van der Waals surface area contributed by atoms with E-state index in [1.807, 2.05) is 0 Å². The third-order valence-corrected chi connectivity index (χ3v) is 2.92. The zero-order valence-electron chi connectivity index (χ0n) is 6.75. The Labute approximate surface area is 101 Å². The summed E-state index contributed by atoms with van der Waals surface area (Å²) in [7, 11) is 0. The van der Waals surface area contributed by atoms with Crippen LogP contribution >= 0.6 is 24.8 Å². The zero-order valence-corrected chi connectivity index (χ0v) is 10.8. The topological polar surface area (TPSA) is 20.2 Å². The Hall–Kier alpha value is 0.903. The Morgan fingerprint density at radius 2 is 2.08 bits per heavy atom. The van der Waals surface area contributed by atoms with Crippen LogP contribution in [0.15, 0.2) is 21.0 Å². The molecule has 0 heterocycles. The van der Waals surface area contributed by atoms with Gasteiger partial charge in [0, 0.05) is 0 Å². The van der Waals surface area contributed by atoms with E-state index in [9.17, 15) is 0 Å². The summed E-state index contributed by atoms with van der Waals surface area (Å²) in [6.45, 7) is 0.320. The number of aliphatic hydroxyl groups is 1. The van der Waals surface area contributed by atoms with Gasteiger partial charge in [-0.15, -0.1) is 24.8 Å². The van der Waals surface area contributed by atoms with E-state index in [2.05, 4.69) is 12.2 Å². The molecule has 0 aromatic carbocycles. The van der Waals surface area contributed by atoms with E-state index in [1.165, 1.54) is 30.3 Å². The second-order valence-corrected chi connectivity index (χ2v) is 3.92. The van der Waals surface area contributed by atoms with Crippen LogP contribution in [0.3, 0.4) is 0 Å². The number of aliphatic hydroxyl groups excluding tert-OH is 1. The molecule has 0 bridgehead atoms. The van der Waals surface area contributed by atoms with Crippen molar-refractivity contribution in [1.82, 2.24) is 0 Å². The first-order valence-electron chi connectivity index (χ1n) is 3.55. The third-order valence-electron chi connectivity index (χ3n) is 1.63. The molecule has 12 heavy (non-hydrogen) atoms. The fourth-order valence-corrected chi connectivity index (χ4v) is 1.86. The Kier molecular flexibility index (Phi) is 10.9. The first-order valence-corrected chi connectivity index (χ1v) is 4.78. The maximum atomic E-state index is 8.57. The molecule has 0 aromatic rings. The predicted molar refractivity (Wildman–Crippen MR) is 51.6 cm³/mol. The predicted octanol–water partition coefficient (Wildman–Crippen LogP) is 2.36. The van der Waals surface area contributed by atoms with E-state index in [1.54, 1.807) is 3.28 Å². The minimum atomic E-state index is 0. The molecule has 1 nitrogen and oxygen atoms in total. The molecule has 69 valence electrons. The van der Waals surface area contributed by atoms with Gasteiger partial charge in [-0.2, -0.15) is 0 Å². The molecular formula is C8H13Cl2OZr. The van der Waals surface area contributed by atoms with E-state index in [4.69, 9.17) is 5.11 Å². The van der Waals surface area contributed by atoms with E-state index in [0.717, 1.165) is 19.3 Å². The second-order valence-electron chi connectivity index (χ2n) is 2.44. The summed E-state index contributed by atoms with van der Waals surface area (Å²) in [5.74, 6) is 0. The van der Waals surface area contributed by atoms with Crippen molar-refractivity contribution in [3.8, 4) is 0 Å². The van der Waals surface area contributed by atoms with Crippen LogP contribution < -0.4 is 0 Å². The van der Waals surface area contributed by atoms with Crippen LogP contribution in [0, 0.1) is 0 Å². The van der Waals surface area contributed by atoms with Crippen molar-refractivity contribution in [2.45, 2.75) is 19.3 Å². The number of hydrogen-bond acceptors (Lipinski definition) is 1. The Balaban J connectivity index is 0. The summed E-state index contributed by atoms with van der Waals surface area (Å²) in [5.41, 5.74) is 1.47. The van der Waals surface area contributed by atoms with Gasteiger partial charge >= 0.3 is 76.7 Å². The van der Waals surface area contributed by atoms with Gasteiger partial charge < -0.3 is 0 Å². The van der Waals surface area contributed by atoms with Gasteiger partial charge in [0.2, 0.25) is 0 Å². The quantitative estimate of drug-likeness (QED) is 0.845. The van der Waals surface area contributed by atoms with E-state index < -0.39 is 0 Å². The van der Waals surface area contributed by atoms with Crippen molar-refractivity contribution < 1.29 is 29.8 Å². The van der Waals surface area contributed by atoms with Gasteiger partial charge in [0.05, 0.1) is 0 Å². The van der Waals surface area contributed by atoms with Gasteiger partial charge in [0.25, 0.3) is 0 Å². The van der Waals surface area contributed by atoms with Crippen LogP contribution in [0.5, 0.6) is 0 Å². The van der Waals surface area contributed by atoms with Crippen LogP contribution in [0.25, 0.3) is 0 Å². The molecule has 0 unspecified atom stereocenters. The molecule has 0 aliphatic heterocycles. The summed E-state index contributed by atoms with van der Waals surface area (Å²) in [6, 6.07) is 0. The number of halogens is 2. The molecule has 0 amide bonds. The molecule has 4 heteroatoms. The number of allylic oxidation sites excluding steroid dienone is 4. The van der Waals surface area contributed by atoms with Gasteiger partial charge in [-0.05, 0) is 0 Å². The average Bonchev–Trinajstić information content (AvgIpc) is 2.31. The Morgan fingerprint density at radius 1 is 1.42 bits per heavy atom. The van der Waals surface area contributed by atoms with Crippen molar-refractivity contribution in [2.24, 2.45) is 0 Å². The van der Waals surface area contributed by atoms with Crippen LogP contribution in [0.4, 0.5) is 0 Å². The van der Waals surface area contributed by atoms with Crippen molar-refractivity contribution in [1.29, 1.82) is 0 Å². The van der Waals surface area contributed by atoms with Gasteiger partial charge in [-0.25, -0.2) is 0 Å². The van der Waals surface area contributed by atoms with Crippen molar-refractivity contribution >= 4 is 24.8 Å². The van der Waals surface area contributed by atoms with Crippen LogP contribution in [-0.4, -0.2) is 11.7 Å². The van der Waals surface area contributed by atoms with Gasteiger partial charge in [-0.1, -0.05) is 0 Å². The molecule has 0 saturated heterocycles. The van der Waals surface area contributed by atoms with E-state index >= 15 is 0 Å². The van der Waals surface area contributed by atoms with Gasteiger partial charge in [0.1, 0.15) is 0 Å². The number of rotatable bonds is 3. The van der Waals surface area contributed by atoms with Crippen LogP contribution in [0.1, 0.15) is 19.3 Å². The second kappa shape index (κ2) is 8.50. The van der Waals surface area contributed by atoms with Crippen molar-refractivity contribution in [3.05, 3.63) is 21.0 Å². The molecule has 0 spiro atoms. The first-order chi connectivity index (χ1) is 4.84. The van der Waals surface area contributed by atoms with Crippen LogP contribution in [-0.2, 0) is 24.7 Å². The fraction of sp³-hybridized carbons (Fsp3) is 0.500. The molecule has 1 aliphatic carbocycles. The Morgan fingerprint density at radius 3 is 2.50 bits per heavy atom. The standard InChI is InChI=1S/C8H11O.2ClH.Zr/c9-7-3-6-8-4-1-2-5-8;;;/h1,4,9H,2-3,6-7H2;2*1H;. The SMILES string of the molecule is Cl.Cl.OCCCC1=[C]([Zr])CC=C1. The van der Waals surface area contributed by atoms with Gasteiger partial charge in [0.15, 0.2) is 0 Å². The summed E-state index contributed by atoms with van der Waals surface area (Å²) >= 11 is 1.53. The molecule has 1 aliphatic rings. The minimum absolute atomic E-state index is 0.